The molecule has 0 bridgehead atoms. The minimum Gasteiger partial charge on any atom is -0.369 e. The van der Waals surface area contributed by atoms with Gasteiger partial charge in [0.05, 0.1) is 24.6 Å². The van der Waals surface area contributed by atoms with Crippen LogP contribution in [0.3, 0.4) is 0 Å². The fraction of sp³-hybridized carbons (Fsp3) is 0.619. The van der Waals surface area contributed by atoms with Crippen molar-refractivity contribution in [3.8, 4) is 6.07 Å². The second kappa shape index (κ2) is 7.59. The predicted octanol–water partition coefficient (Wildman–Crippen LogP) is 1.05. The van der Waals surface area contributed by atoms with Gasteiger partial charge in [-0.15, -0.1) is 0 Å². The van der Waals surface area contributed by atoms with E-state index >= 15 is 0 Å². The first kappa shape index (κ1) is 18.4. The van der Waals surface area contributed by atoms with Gasteiger partial charge in [-0.25, -0.2) is 0 Å². The van der Waals surface area contributed by atoms with Crippen LogP contribution in [0.4, 0.5) is 0 Å². The maximum absolute atomic E-state index is 11.1. The summed E-state index contributed by atoms with van der Waals surface area (Å²) in [6, 6.07) is 14.3. The van der Waals surface area contributed by atoms with Crippen LogP contribution < -0.4 is 11.1 Å². The van der Waals surface area contributed by atoms with Crippen molar-refractivity contribution in [1.29, 1.82) is 5.26 Å². The minimum absolute atomic E-state index is 0.0820. The Morgan fingerprint density at radius 2 is 1.96 bits per heavy atom. The van der Waals surface area contributed by atoms with Crippen molar-refractivity contribution in [3.63, 3.8) is 0 Å². The summed E-state index contributed by atoms with van der Waals surface area (Å²) < 4.78 is 0. The van der Waals surface area contributed by atoms with Gasteiger partial charge in [0.25, 0.3) is 0 Å². The average Bonchev–Trinajstić information content (AvgIpc) is 3.40. The summed E-state index contributed by atoms with van der Waals surface area (Å²) in [5, 5.41) is 13.1. The lowest BCUT2D eigenvalue weighted by molar-refractivity contribution is -0.124. The summed E-state index contributed by atoms with van der Waals surface area (Å²) in [7, 11) is 0. The van der Waals surface area contributed by atoms with Gasteiger partial charge in [-0.2, -0.15) is 5.26 Å². The number of nitriles is 1. The van der Waals surface area contributed by atoms with E-state index in [1.165, 1.54) is 12.0 Å². The minimum atomic E-state index is -0.291. The van der Waals surface area contributed by atoms with Gasteiger partial charge >= 0.3 is 0 Å². The Bertz CT molecular complexity index is 701. The molecule has 2 heterocycles. The van der Waals surface area contributed by atoms with Crippen LogP contribution in [0.25, 0.3) is 0 Å². The molecular formula is C21H29N5O. The molecule has 1 amide bonds. The first-order chi connectivity index (χ1) is 13.1. The highest BCUT2D eigenvalue weighted by atomic mass is 16.1. The second-order valence-electron chi connectivity index (χ2n) is 8.46. The fourth-order valence-electron chi connectivity index (χ4n) is 4.96. The van der Waals surface area contributed by atoms with Gasteiger partial charge in [0.15, 0.2) is 0 Å². The number of benzene rings is 1. The molecule has 6 nitrogen and oxygen atoms in total. The molecule has 2 saturated heterocycles. The molecule has 1 aromatic rings. The third-order valence-corrected chi connectivity index (χ3v) is 6.46. The molecule has 1 saturated carbocycles. The lowest BCUT2D eigenvalue weighted by atomic mass is 9.82. The molecular weight excluding hydrogens is 338 g/mol. The maximum atomic E-state index is 11.1. The zero-order valence-corrected chi connectivity index (χ0v) is 15.8. The molecule has 3 N–H and O–H groups in total. The molecule has 4 rings (SSSR count). The first-order valence-electron chi connectivity index (χ1n) is 10.0. The summed E-state index contributed by atoms with van der Waals surface area (Å²) in [4.78, 5) is 15.7. The van der Waals surface area contributed by atoms with E-state index in [0.717, 1.165) is 39.0 Å². The topological polar surface area (TPSA) is 85.4 Å². The summed E-state index contributed by atoms with van der Waals surface area (Å²) in [6.45, 7) is 3.90. The van der Waals surface area contributed by atoms with Crippen molar-refractivity contribution in [2.24, 2.45) is 5.73 Å². The highest BCUT2D eigenvalue weighted by Gasteiger charge is 2.48. The average molecular weight is 367 g/mol. The van der Waals surface area contributed by atoms with E-state index in [1.54, 1.807) is 0 Å². The maximum Gasteiger partial charge on any atom is 0.231 e. The normalized spacial score (nSPS) is 28.3. The van der Waals surface area contributed by atoms with Gasteiger partial charge in [0.2, 0.25) is 5.91 Å². The quantitative estimate of drug-likeness (QED) is 0.752. The monoisotopic (exact) mass is 367 g/mol. The highest BCUT2D eigenvalue weighted by Crippen LogP contribution is 2.41. The van der Waals surface area contributed by atoms with E-state index in [0.29, 0.717) is 31.0 Å². The predicted molar refractivity (Wildman–Crippen MR) is 104 cm³/mol. The molecule has 0 spiro atoms. The molecule has 1 aliphatic carbocycles. The van der Waals surface area contributed by atoms with Crippen LogP contribution in [-0.2, 0) is 4.79 Å². The Hall–Kier alpha value is -1.94. The Balaban J connectivity index is 1.25. The van der Waals surface area contributed by atoms with Crippen LogP contribution in [0.1, 0.15) is 37.2 Å². The van der Waals surface area contributed by atoms with Crippen LogP contribution >= 0.6 is 0 Å². The van der Waals surface area contributed by atoms with E-state index in [-0.39, 0.29) is 11.4 Å². The molecule has 0 unspecified atom stereocenters. The molecule has 0 aromatic heterocycles. The zero-order chi connectivity index (χ0) is 18.9. The smallest absolute Gasteiger partial charge is 0.231 e. The molecule has 0 radical (unpaired) electrons. The Morgan fingerprint density at radius 3 is 2.59 bits per heavy atom. The summed E-state index contributed by atoms with van der Waals surface area (Å²) in [5.41, 5.74) is 6.67. The number of nitrogens with zero attached hydrogens (tertiary/aromatic N) is 3. The number of amides is 1. The summed E-state index contributed by atoms with van der Waals surface area (Å²) in [6.07, 6.45) is 4.02. The highest BCUT2D eigenvalue weighted by molar-refractivity contribution is 5.76. The van der Waals surface area contributed by atoms with Gasteiger partial charge < -0.3 is 11.1 Å². The fourth-order valence-corrected chi connectivity index (χ4v) is 4.96. The van der Waals surface area contributed by atoms with E-state index in [9.17, 15) is 10.1 Å². The first-order valence-corrected chi connectivity index (χ1v) is 10.0. The molecule has 27 heavy (non-hydrogen) atoms. The SMILES string of the molecule is N#CCC1(N2CCC(N[C@@H]3C[C@H]3c3ccccc3)CC2)CN(CC(N)=O)C1. The number of carbonyl (C=O) groups is 1. The lowest BCUT2D eigenvalue weighted by Gasteiger charge is -2.56. The van der Waals surface area contributed by atoms with Crippen molar-refractivity contribution in [2.45, 2.75) is 49.2 Å². The number of piperidine rings is 1. The number of primary amides is 1. The Kier molecular flexibility index (Phi) is 5.18. The summed E-state index contributed by atoms with van der Waals surface area (Å²) in [5.74, 6) is 0.379. The number of rotatable bonds is 7. The third-order valence-electron chi connectivity index (χ3n) is 6.46. The van der Waals surface area contributed by atoms with Gasteiger partial charge in [0, 0.05) is 44.2 Å². The second-order valence-corrected chi connectivity index (χ2v) is 8.46. The van der Waals surface area contributed by atoms with E-state index in [2.05, 4.69) is 51.5 Å². The van der Waals surface area contributed by atoms with Crippen molar-refractivity contribution in [2.75, 3.05) is 32.7 Å². The Labute approximate surface area is 161 Å². The van der Waals surface area contributed by atoms with Gasteiger partial charge in [0.1, 0.15) is 0 Å². The standard InChI is InChI=1S/C21H29N5O/c22-9-8-21(14-25(15-21)13-20(23)27)26-10-6-17(7-11-26)24-19-12-18(19)16-4-2-1-3-5-16/h1-5,17-19,24H,6-8,10-15H2,(H2,23,27)/t18-,19+/m0/s1. The van der Waals surface area contributed by atoms with Crippen LogP contribution in [-0.4, -0.2) is 66.1 Å². The van der Waals surface area contributed by atoms with Crippen LogP contribution in [0.5, 0.6) is 0 Å². The lowest BCUT2D eigenvalue weighted by Crippen LogP contribution is -2.72. The summed E-state index contributed by atoms with van der Waals surface area (Å²) >= 11 is 0. The van der Waals surface area contributed by atoms with Crippen molar-refractivity contribution in [3.05, 3.63) is 35.9 Å². The van der Waals surface area contributed by atoms with Crippen molar-refractivity contribution < 1.29 is 4.79 Å². The van der Waals surface area contributed by atoms with E-state index in [4.69, 9.17) is 5.73 Å². The Morgan fingerprint density at radius 1 is 1.26 bits per heavy atom. The number of hydrogen-bond donors (Lipinski definition) is 2. The number of hydrogen-bond acceptors (Lipinski definition) is 5. The van der Waals surface area contributed by atoms with Crippen LogP contribution in [0.2, 0.25) is 0 Å². The number of nitrogens with two attached hydrogens (primary N) is 1. The largest absolute Gasteiger partial charge is 0.369 e. The van der Waals surface area contributed by atoms with Gasteiger partial charge in [-0.05, 0) is 24.8 Å². The van der Waals surface area contributed by atoms with Crippen molar-refractivity contribution in [1.82, 2.24) is 15.1 Å². The number of likely N-dealkylation sites (tertiary alicyclic amines) is 2. The zero-order valence-electron chi connectivity index (χ0n) is 15.8. The molecule has 6 heteroatoms. The number of carbonyl (C=O) groups excluding carboxylic acids is 1. The van der Waals surface area contributed by atoms with Crippen LogP contribution in [0.15, 0.2) is 30.3 Å². The van der Waals surface area contributed by atoms with Gasteiger partial charge in [-0.3, -0.25) is 14.6 Å². The molecule has 144 valence electrons. The van der Waals surface area contributed by atoms with Crippen LogP contribution in [0, 0.1) is 11.3 Å². The third kappa shape index (κ3) is 4.01. The van der Waals surface area contributed by atoms with E-state index in [1.807, 2.05) is 0 Å². The molecule has 3 fully saturated rings. The van der Waals surface area contributed by atoms with E-state index < -0.39 is 0 Å². The molecule has 3 aliphatic rings. The molecule has 2 atom stereocenters. The van der Waals surface area contributed by atoms with Crippen molar-refractivity contribution >= 4 is 5.91 Å². The van der Waals surface area contributed by atoms with Gasteiger partial charge in [-0.1, -0.05) is 30.3 Å². The molecule has 2 aliphatic heterocycles. The molecule has 1 aromatic carbocycles. The number of nitrogens with one attached hydrogen (secondary N) is 1.